The summed E-state index contributed by atoms with van der Waals surface area (Å²) in [6.45, 7) is 6.08. The number of carbonyl (C=O) groups excluding carboxylic acids is 2. The normalized spacial score (nSPS) is 18.9. The predicted molar refractivity (Wildman–Crippen MR) is 116 cm³/mol. The Bertz CT molecular complexity index is 875. The Morgan fingerprint density at radius 3 is 2.28 bits per heavy atom. The van der Waals surface area contributed by atoms with Crippen LogP contribution in [0.1, 0.15) is 70.0 Å². The molecule has 4 nitrogen and oxygen atoms in total. The highest BCUT2D eigenvalue weighted by Crippen LogP contribution is 2.29. The summed E-state index contributed by atoms with van der Waals surface area (Å²) in [5, 5.41) is 3.17. The lowest BCUT2D eigenvalue weighted by Gasteiger charge is -2.29. The standard InChI is InChI=1S/C25H31NO3/c1-5-21-22(7-6-8-23(21)29-4)25(28)26-20-11-9-18(10-12-20)24(27)19-14-16(2)13-17(3)15-19/h6-8,13-15,18,20H,5,9-12H2,1-4H3,(H,26,28). The van der Waals surface area contributed by atoms with Gasteiger partial charge in [-0.3, -0.25) is 9.59 Å². The molecule has 2 aromatic carbocycles. The van der Waals surface area contributed by atoms with Gasteiger partial charge in [0.2, 0.25) is 0 Å². The van der Waals surface area contributed by atoms with E-state index >= 15 is 0 Å². The number of amides is 1. The molecule has 0 aromatic heterocycles. The Hall–Kier alpha value is -2.62. The van der Waals surface area contributed by atoms with Gasteiger partial charge in [0.05, 0.1) is 7.11 Å². The number of hydrogen-bond acceptors (Lipinski definition) is 3. The molecule has 2 aromatic rings. The van der Waals surface area contributed by atoms with Gasteiger partial charge in [0.1, 0.15) is 5.75 Å². The molecule has 29 heavy (non-hydrogen) atoms. The summed E-state index contributed by atoms with van der Waals surface area (Å²) in [5.41, 5.74) is 4.68. The lowest BCUT2D eigenvalue weighted by molar-refractivity contribution is 0.0861. The van der Waals surface area contributed by atoms with Crippen molar-refractivity contribution in [1.82, 2.24) is 5.32 Å². The second-order valence-corrected chi connectivity index (χ2v) is 8.10. The Kier molecular flexibility index (Phi) is 6.73. The van der Waals surface area contributed by atoms with Gasteiger partial charge in [-0.2, -0.15) is 0 Å². The van der Waals surface area contributed by atoms with Gasteiger partial charge in [0.15, 0.2) is 5.78 Å². The van der Waals surface area contributed by atoms with Crippen LogP contribution in [0, 0.1) is 19.8 Å². The molecule has 0 radical (unpaired) electrons. The number of rotatable bonds is 6. The molecule has 3 rings (SSSR count). The molecule has 1 aliphatic carbocycles. The van der Waals surface area contributed by atoms with E-state index in [4.69, 9.17) is 4.74 Å². The molecule has 154 valence electrons. The van der Waals surface area contributed by atoms with Gasteiger partial charge in [0, 0.05) is 28.7 Å². The maximum atomic E-state index is 12.9. The zero-order valence-electron chi connectivity index (χ0n) is 17.9. The molecule has 0 atom stereocenters. The van der Waals surface area contributed by atoms with Gasteiger partial charge >= 0.3 is 0 Å². The monoisotopic (exact) mass is 393 g/mol. The molecule has 0 spiro atoms. The van der Waals surface area contributed by atoms with Gasteiger partial charge in [-0.15, -0.1) is 0 Å². The van der Waals surface area contributed by atoms with E-state index in [1.807, 2.05) is 51.1 Å². The zero-order valence-corrected chi connectivity index (χ0v) is 17.9. The van der Waals surface area contributed by atoms with E-state index in [0.717, 1.165) is 60.1 Å². The van der Waals surface area contributed by atoms with E-state index in [-0.39, 0.29) is 23.7 Å². The van der Waals surface area contributed by atoms with E-state index in [2.05, 4.69) is 11.4 Å². The number of methoxy groups -OCH3 is 1. The highest BCUT2D eigenvalue weighted by atomic mass is 16.5. The number of aryl methyl sites for hydroxylation is 2. The molecule has 0 aliphatic heterocycles. The largest absolute Gasteiger partial charge is 0.496 e. The van der Waals surface area contributed by atoms with Crippen molar-refractivity contribution in [2.24, 2.45) is 5.92 Å². The third kappa shape index (κ3) is 4.87. The van der Waals surface area contributed by atoms with E-state index < -0.39 is 0 Å². The van der Waals surface area contributed by atoms with E-state index in [1.165, 1.54) is 0 Å². The second-order valence-electron chi connectivity index (χ2n) is 8.10. The fraction of sp³-hybridized carbons (Fsp3) is 0.440. The van der Waals surface area contributed by atoms with E-state index in [0.29, 0.717) is 5.56 Å². The van der Waals surface area contributed by atoms with Crippen LogP contribution in [0.25, 0.3) is 0 Å². The summed E-state index contributed by atoms with van der Waals surface area (Å²) in [4.78, 5) is 25.7. The number of ether oxygens (including phenoxy) is 1. The summed E-state index contributed by atoms with van der Waals surface area (Å²) in [7, 11) is 1.63. The van der Waals surface area contributed by atoms with Gasteiger partial charge in [-0.1, -0.05) is 30.2 Å². The summed E-state index contributed by atoms with van der Waals surface area (Å²) in [6.07, 6.45) is 4.03. The third-order valence-corrected chi connectivity index (χ3v) is 5.89. The second kappa shape index (κ2) is 9.25. The molecule has 0 unspecified atom stereocenters. The van der Waals surface area contributed by atoms with Gasteiger partial charge in [-0.05, 0) is 70.2 Å². The van der Waals surface area contributed by atoms with Crippen molar-refractivity contribution < 1.29 is 14.3 Å². The minimum Gasteiger partial charge on any atom is -0.496 e. The van der Waals surface area contributed by atoms with Crippen molar-refractivity contribution in [3.05, 3.63) is 64.2 Å². The SMILES string of the molecule is CCc1c(OC)cccc1C(=O)NC1CCC(C(=O)c2cc(C)cc(C)c2)CC1. The van der Waals surface area contributed by atoms with E-state index in [1.54, 1.807) is 7.11 Å². The minimum absolute atomic E-state index is 0.0485. The molecule has 4 heteroatoms. The molecule has 0 saturated heterocycles. The molecular formula is C25H31NO3. The van der Waals surface area contributed by atoms with Gasteiger partial charge in [0.25, 0.3) is 5.91 Å². The van der Waals surface area contributed by atoms with Crippen molar-refractivity contribution in [3.63, 3.8) is 0 Å². The number of Topliss-reactive ketones (excluding diaryl/α,β-unsaturated/α-hetero) is 1. The maximum absolute atomic E-state index is 12.9. The number of carbonyl (C=O) groups is 2. The topological polar surface area (TPSA) is 55.4 Å². The van der Waals surface area contributed by atoms with Gasteiger partial charge in [-0.25, -0.2) is 0 Å². The lowest BCUT2D eigenvalue weighted by Crippen LogP contribution is -2.39. The first kappa shape index (κ1) is 21.1. The molecule has 1 N–H and O–H groups in total. The molecule has 0 bridgehead atoms. The highest BCUT2D eigenvalue weighted by molar-refractivity contribution is 5.98. The van der Waals surface area contributed by atoms with Crippen LogP contribution in [0.3, 0.4) is 0 Å². The van der Waals surface area contributed by atoms with Crippen molar-refractivity contribution in [3.8, 4) is 5.75 Å². The minimum atomic E-state index is -0.0511. The molecule has 1 aliphatic rings. The Labute approximate surface area is 173 Å². The average molecular weight is 394 g/mol. The third-order valence-electron chi connectivity index (χ3n) is 5.89. The van der Waals surface area contributed by atoms with Crippen LogP contribution < -0.4 is 10.1 Å². The van der Waals surface area contributed by atoms with Crippen molar-refractivity contribution in [1.29, 1.82) is 0 Å². The van der Waals surface area contributed by atoms with Crippen molar-refractivity contribution in [2.75, 3.05) is 7.11 Å². The molecule has 1 fully saturated rings. The smallest absolute Gasteiger partial charge is 0.251 e. The first-order valence-corrected chi connectivity index (χ1v) is 10.5. The summed E-state index contributed by atoms with van der Waals surface area (Å²) >= 11 is 0. The fourth-order valence-electron chi connectivity index (χ4n) is 4.45. The van der Waals surface area contributed by atoms with Crippen molar-refractivity contribution >= 4 is 11.7 Å². The number of nitrogens with one attached hydrogen (secondary N) is 1. The number of benzene rings is 2. The van der Waals surface area contributed by atoms with Crippen LogP contribution >= 0.6 is 0 Å². The van der Waals surface area contributed by atoms with Crippen LogP contribution in [-0.2, 0) is 6.42 Å². The number of ketones is 1. The average Bonchev–Trinajstić information content (AvgIpc) is 2.72. The Morgan fingerprint density at radius 1 is 1.03 bits per heavy atom. The molecular weight excluding hydrogens is 362 g/mol. The molecule has 1 amide bonds. The summed E-state index contributed by atoms with van der Waals surface area (Å²) < 4.78 is 5.40. The highest BCUT2D eigenvalue weighted by Gasteiger charge is 2.28. The summed E-state index contributed by atoms with van der Waals surface area (Å²) in [6, 6.07) is 11.8. The van der Waals surface area contributed by atoms with Crippen LogP contribution in [-0.4, -0.2) is 24.8 Å². The van der Waals surface area contributed by atoms with Crippen LogP contribution in [0.5, 0.6) is 5.75 Å². The molecule has 1 saturated carbocycles. The van der Waals surface area contributed by atoms with Crippen LogP contribution in [0.15, 0.2) is 36.4 Å². The molecule has 0 heterocycles. The zero-order chi connectivity index (χ0) is 21.0. The van der Waals surface area contributed by atoms with Gasteiger partial charge < -0.3 is 10.1 Å². The fourth-order valence-corrected chi connectivity index (χ4v) is 4.45. The quantitative estimate of drug-likeness (QED) is 0.699. The lowest BCUT2D eigenvalue weighted by atomic mass is 9.81. The Morgan fingerprint density at radius 2 is 1.69 bits per heavy atom. The van der Waals surface area contributed by atoms with Crippen molar-refractivity contribution in [2.45, 2.75) is 58.9 Å². The van der Waals surface area contributed by atoms with Crippen LogP contribution in [0.4, 0.5) is 0 Å². The first-order valence-electron chi connectivity index (χ1n) is 10.5. The maximum Gasteiger partial charge on any atom is 0.251 e. The number of hydrogen-bond donors (Lipinski definition) is 1. The summed E-state index contributed by atoms with van der Waals surface area (Å²) in [5.74, 6) is 0.989. The van der Waals surface area contributed by atoms with Crippen LogP contribution in [0.2, 0.25) is 0 Å². The Balaban J connectivity index is 1.61. The van der Waals surface area contributed by atoms with E-state index in [9.17, 15) is 9.59 Å². The predicted octanol–water partition coefficient (Wildman–Crippen LogP) is 5.05. The first-order chi connectivity index (χ1) is 13.9.